The van der Waals surface area contributed by atoms with Crippen LogP contribution in [0, 0.1) is 13.8 Å². The molecule has 0 aliphatic rings. The topological polar surface area (TPSA) is 77.2 Å². The van der Waals surface area contributed by atoms with Crippen LogP contribution in [0.25, 0.3) is 0 Å². The monoisotopic (exact) mass is 343 g/mol. The Hall–Kier alpha value is -2.67. The molecule has 0 bridgehead atoms. The third kappa shape index (κ3) is 3.99. The number of pyridine rings is 1. The highest BCUT2D eigenvalue weighted by Crippen LogP contribution is 2.20. The lowest BCUT2D eigenvalue weighted by Gasteiger charge is -2.03. The van der Waals surface area contributed by atoms with E-state index in [2.05, 4.69) is 15.3 Å². The number of nitrogens with one attached hydrogen (secondary N) is 1. The Morgan fingerprint density at radius 2 is 2.21 bits per heavy atom. The van der Waals surface area contributed by atoms with E-state index in [1.165, 1.54) is 11.3 Å². The Labute approximate surface area is 143 Å². The Kier molecular flexibility index (Phi) is 4.90. The van der Waals surface area contributed by atoms with Crippen LogP contribution >= 0.6 is 11.3 Å². The number of amides is 1. The molecule has 124 valence electrons. The highest BCUT2D eigenvalue weighted by molar-refractivity contribution is 7.13. The molecule has 0 aromatic carbocycles. The second-order valence-electron chi connectivity index (χ2n) is 5.21. The molecule has 1 N–H and O–H groups in total. The van der Waals surface area contributed by atoms with Crippen LogP contribution in [0.4, 0.5) is 0 Å². The van der Waals surface area contributed by atoms with Crippen molar-refractivity contribution in [2.24, 2.45) is 0 Å². The van der Waals surface area contributed by atoms with Gasteiger partial charge in [-0.15, -0.1) is 11.3 Å². The van der Waals surface area contributed by atoms with Crippen LogP contribution in [0.3, 0.4) is 0 Å². The van der Waals surface area contributed by atoms with E-state index in [1.807, 2.05) is 32.0 Å². The normalized spacial score (nSPS) is 10.6. The lowest BCUT2D eigenvalue weighted by molar-refractivity contribution is 0.0951. The Balaban J connectivity index is 1.59. The van der Waals surface area contributed by atoms with Crippen LogP contribution in [0.15, 0.2) is 41.1 Å². The summed E-state index contributed by atoms with van der Waals surface area (Å²) in [6.07, 6.45) is 3.25. The Bertz CT molecular complexity index is 810. The summed E-state index contributed by atoms with van der Waals surface area (Å²) in [6, 6.07) is 7.35. The molecule has 0 spiro atoms. The van der Waals surface area contributed by atoms with E-state index in [9.17, 15) is 4.79 Å². The number of hydrogen-bond donors (Lipinski definition) is 1. The van der Waals surface area contributed by atoms with Gasteiger partial charge in [-0.2, -0.15) is 0 Å². The van der Waals surface area contributed by atoms with Gasteiger partial charge < -0.3 is 14.5 Å². The number of aryl methyl sites for hydroxylation is 2. The van der Waals surface area contributed by atoms with Crippen molar-refractivity contribution in [3.05, 3.63) is 63.8 Å². The zero-order chi connectivity index (χ0) is 16.9. The van der Waals surface area contributed by atoms with Gasteiger partial charge in [0.2, 0.25) is 0 Å². The summed E-state index contributed by atoms with van der Waals surface area (Å²) < 4.78 is 10.9. The fourth-order valence-electron chi connectivity index (χ4n) is 2.07. The molecule has 6 nitrogen and oxygen atoms in total. The molecule has 3 rings (SSSR count). The van der Waals surface area contributed by atoms with Gasteiger partial charge in [0.1, 0.15) is 28.0 Å². The van der Waals surface area contributed by atoms with Crippen molar-refractivity contribution in [2.45, 2.75) is 27.0 Å². The highest BCUT2D eigenvalue weighted by Gasteiger charge is 2.15. The maximum absolute atomic E-state index is 12.3. The van der Waals surface area contributed by atoms with Crippen LogP contribution in [-0.2, 0) is 13.2 Å². The molecule has 0 aliphatic carbocycles. The number of hydrogen-bond acceptors (Lipinski definition) is 6. The van der Waals surface area contributed by atoms with Crippen molar-refractivity contribution >= 4 is 17.2 Å². The second kappa shape index (κ2) is 7.27. The van der Waals surface area contributed by atoms with Crippen molar-refractivity contribution in [1.82, 2.24) is 15.3 Å². The van der Waals surface area contributed by atoms with Gasteiger partial charge in [-0.25, -0.2) is 4.98 Å². The number of furan rings is 1. The lowest BCUT2D eigenvalue weighted by Crippen LogP contribution is -2.22. The maximum atomic E-state index is 12.3. The first-order valence-corrected chi connectivity index (χ1v) is 8.26. The highest BCUT2D eigenvalue weighted by atomic mass is 32.1. The van der Waals surface area contributed by atoms with Crippen molar-refractivity contribution in [3.63, 3.8) is 0 Å². The van der Waals surface area contributed by atoms with Gasteiger partial charge in [0.15, 0.2) is 0 Å². The molecule has 0 radical (unpaired) electrons. The molecule has 1 amide bonds. The average molecular weight is 343 g/mol. The SMILES string of the molecule is Cc1ccc(OCc2nc(C)c(C(=O)NCc3ccco3)s2)cn1. The maximum Gasteiger partial charge on any atom is 0.263 e. The van der Waals surface area contributed by atoms with E-state index >= 15 is 0 Å². The zero-order valence-electron chi connectivity index (χ0n) is 13.4. The molecule has 7 heteroatoms. The molecule has 0 fully saturated rings. The minimum absolute atomic E-state index is 0.162. The number of aromatic nitrogens is 2. The number of carbonyl (C=O) groups excluding carboxylic acids is 1. The molecule has 3 aromatic heterocycles. The molecular formula is C17H17N3O3S. The van der Waals surface area contributed by atoms with Crippen molar-refractivity contribution in [1.29, 1.82) is 0 Å². The van der Waals surface area contributed by atoms with E-state index < -0.39 is 0 Å². The summed E-state index contributed by atoms with van der Waals surface area (Å²) in [5, 5.41) is 3.57. The number of ether oxygens (including phenoxy) is 1. The minimum Gasteiger partial charge on any atom is -0.485 e. The van der Waals surface area contributed by atoms with Crippen LogP contribution < -0.4 is 10.1 Å². The van der Waals surface area contributed by atoms with Gasteiger partial charge in [-0.05, 0) is 38.1 Å². The van der Waals surface area contributed by atoms with E-state index in [0.29, 0.717) is 35.2 Å². The summed E-state index contributed by atoms with van der Waals surface area (Å²) >= 11 is 1.33. The largest absolute Gasteiger partial charge is 0.485 e. The summed E-state index contributed by atoms with van der Waals surface area (Å²) in [7, 11) is 0. The molecule has 0 saturated carbocycles. The van der Waals surface area contributed by atoms with E-state index in [-0.39, 0.29) is 5.91 Å². The first-order valence-electron chi connectivity index (χ1n) is 7.44. The Morgan fingerprint density at radius 3 is 2.92 bits per heavy atom. The summed E-state index contributed by atoms with van der Waals surface area (Å²) in [5.74, 6) is 1.22. The van der Waals surface area contributed by atoms with Gasteiger partial charge in [-0.1, -0.05) is 0 Å². The first kappa shape index (κ1) is 16.2. The van der Waals surface area contributed by atoms with Crippen molar-refractivity contribution in [2.75, 3.05) is 0 Å². The second-order valence-corrected chi connectivity index (χ2v) is 6.29. The van der Waals surface area contributed by atoms with Crippen molar-refractivity contribution < 1.29 is 13.9 Å². The molecule has 0 unspecified atom stereocenters. The van der Waals surface area contributed by atoms with Gasteiger partial charge in [0.05, 0.1) is 24.7 Å². The third-order valence-electron chi connectivity index (χ3n) is 3.30. The zero-order valence-corrected chi connectivity index (χ0v) is 14.2. The van der Waals surface area contributed by atoms with Crippen molar-refractivity contribution in [3.8, 4) is 5.75 Å². The Morgan fingerprint density at radius 1 is 1.33 bits per heavy atom. The third-order valence-corrected chi connectivity index (χ3v) is 4.43. The summed E-state index contributed by atoms with van der Waals surface area (Å²) in [5.41, 5.74) is 1.63. The van der Waals surface area contributed by atoms with E-state index in [4.69, 9.17) is 9.15 Å². The lowest BCUT2D eigenvalue weighted by atomic mass is 10.3. The van der Waals surface area contributed by atoms with Gasteiger partial charge in [0, 0.05) is 5.69 Å². The van der Waals surface area contributed by atoms with Gasteiger partial charge in [-0.3, -0.25) is 9.78 Å². The smallest absolute Gasteiger partial charge is 0.263 e. The number of nitrogens with zero attached hydrogens (tertiary/aromatic N) is 2. The molecule has 0 aliphatic heterocycles. The number of carbonyl (C=O) groups is 1. The summed E-state index contributed by atoms with van der Waals surface area (Å²) in [4.78, 5) is 21.4. The first-order chi connectivity index (χ1) is 11.6. The molecule has 0 atom stereocenters. The molecular weight excluding hydrogens is 326 g/mol. The number of rotatable bonds is 6. The molecule has 3 aromatic rings. The van der Waals surface area contributed by atoms with Gasteiger partial charge >= 0.3 is 0 Å². The molecule has 0 saturated heterocycles. The van der Waals surface area contributed by atoms with Crippen LogP contribution in [0.2, 0.25) is 0 Å². The van der Waals surface area contributed by atoms with Crippen LogP contribution in [0.5, 0.6) is 5.75 Å². The van der Waals surface area contributed by atoms with E-state index in [0.717, 1.165) is 10.7 Å². The quantitative estimate of drug-likeness (QED) is 0.743. The standard InChI is InChI=1S/C17H17N3O3S/c1-11-5-6-14(8-18-11)23-10-15-20-12(2)16(24-15)17(21)19-9-13-4-3-7-22-13/h3-8H,9-10H2,1-2H3,(H,19,21). The van der Waals surface area contributed by atoms with E-state index in [1.54, 1.807) is 18.5 Å². The fraction of sp³-hybridized carbons (Fsp3) is 0.235. The van der Waals surface area contributed by atoms with Gasteiger partial charge in [0.25, 0.3) is 5.91 Å². The molecule has 3 heterocycles. The van der Waals surface area contributed by atoms with Crippen LogP contribution in [-0.4, -0.2) is 15.9 Å². The predicted octanol–water partition coefficient (Wildman–Crippen LogP) is 3.26. The minimum atomic E-state index is -0.162. The molecule has 24 heavy (non-hydrogen) atoms. The predicted molar refractivity (Wildman–Crippen MR) is 90.0 cm³/mol. The van der Waals surface area contributed by atoms with Crippen LogP contribution in [0.1, 0.15) is 31.8 Å². The summed E-state index contributed by atoms with van der Waals surface area (Å²) in [6.45, 7) is 4.39. The average Bonchev–Trinajstić information content (AvgIpc) is 3.22. The fourth-order valence-corrected chi connectivity index (χ4v) is 2.96. The number of thiazole rings is 1.